The van der Waals surface area contributed by atoms with Crippen molar-refractivity contribution < 1.29 is 0 Å². The van der Waals surface area contributed by atoms with Crippen LogP contribution >= 0.6 is 0 Å². The lowest BCUT2D eigenvalue weighted by molar-refractivity contribution is 0.694. The van der Waals surface area contributed by atoms with E-state index in [1.807, 2.05) is 0 Å². The fourth-order valence-corrected chi connectivity index (χ4v) is 3.57. The van der Waals surface area contributed by atoms with E-state index in [1.165, 1.54) is 36.8 Å². The summed E-state index contributed by atoms with van der Waals surface area (Å²) in [6.07, 6.45) is 4.87. The Bertz CT molecular complexity index is 568. The summed E-state index contributed by atoms with van der Waals surface area (Å²) in [7, 11) is 0. The summed E-state index contributed by atoms with van der Waals surface area (Å²) < 4.78 is 0. The van der Waals surface area contributed by atoms with Crippen molar-refractivity contribution in [1.82, 2.24) is 0 Å². The van der Waals surface area contributed by atoms with Crippen LogP contribution in [-0.4, -0.2) is 0 Å². The van der Waals surface area contributed by atoms with E-state index >= 15 is 0 Å². The Morgan fingerprint density at radius 3 is 1.80 bits per heavy atom. The second-order valence-electron chi connectivity index (χ2n) is 6.25. The molecule has 0 N–H and O–H groups in total. The number of fused-ring (bicyclic) bond motifs is 2. The third kappa shape index (κ3) is 2.40. The van der Waals surface area contributed by atoms with Crippen LogP contribution in [0.5, 0.6) is 0 Å². The molecule has 0 fully saturated rings. The normalized spacial score (nSPS) is 14.6. The number of aryl methyl sites for hydroxylation is 4. The second kappa shape index (κ2) is 5.44. The number of hydrogen-bond donors (Lipinski definition) is 0. The van der Waals surface area contributed by atoms with Gasteiger partial charge in [-0.05, 0) is 55.4 Å². The zero-order valence-corrected chi connectivity index (χ0v) is 12.9. The van der Waals surface area contributed by atoms with Crippen molar-refractivity contribution in [3.63, 3.8) is 0 Å². The molecule has 0 bridgehead atoms. The SMILES string of the molecule is CCCC1c2cc(C)ccc2CCc2ccc(C)cc21. The van der Waals surface area contributed by atoms with Gasteiger partial charge in [-0.1, -0.05) is 60.9 Å². The van der Waals surface area contributed by atoms with Gasteiger partial charge in [-0.25, -0.2) is 0 Å². The molecule has 0 radical (unpaired) electrons. The van der Waals surface area contributed by atoms with Crippen LogP contribution < -0.4 is 0 Å². The molecule has 0 amide bonds. The van der Waals surface area contributed by atoms with Crippen LogP contribution in [0.3, 0.4) is 0 Å². The molecular formula is C20H24. The fourth-order valence-electron chi connectivity index (χ4n) is 3.57. The van der Waals surface area contributed by atoms with E-state index < -0.39 is 0 Å². The first-order valence-corrected chi connectivity index (χ1v) is 7.88. The highest BCUT2D eigenvalue weighted by Gasteiger charge is 2.23. The summed E-state index contributed by atoms with van der Waals surface area (Å²) in [6.45, 7) is 6.73. The number of benzene rings is 2. The van der Waals surface area contributed by atoms with Gasteiger partial charge in [-0.3, -0.25) is 0 Å². The van der Waals surface area contributed by atoms with Crippen molar-refractivity contribution in [2.45, 2.75) is 52.4 Å². The minimum Gasteiger partial charge on any atom is -0.0653 e. The molecule has 1 aliphatic carbocycles. The Morgan fingerprint density at radius 1 is 0.850 bits per heavy atom. The standard InChI is InChI=1S/C20H24/c1-4-5-18-19-12-14(2)6-8-16(19)10-11-17-9-7-15(3)13-20(17)18/h6-9,12-13,18H,4-5,10-11H2,1-3H3. The molecule has 2 aromatic rings. The van der Waals surface area contributed by atoms with Crippen molar-refractivity contribution in [2.24, 2.45) is 0 Å². The third-order valence-corrected chi connectivity index (χ3v) is 4.59. The van der Waals surface area contributed by atoms with Crippen LogP contribution in [0.25, 0.3) is 0 Å². The summed E-state index contributed by atoms with van der Waals surface area (Å²) >= 11 is 0. The highest BCUT2D eigenvalue weighted by molar-refractivity contribution is 5.47. The van der Waals surface area contributed by atoms with Crippen LogP contribution in [0.2, 0.25) is 0 Å². The zero-order valence-electron chi connectivity index (χ0n) is 12.9. The van der Waals surface area contributed by atoms with E-state index in [0.717, 1.165) is 0 Å². The quantitative estimate of drug-likeness (QED) is 0.687. The maximum atomic E-state index is 2.42. The first-order chi connectivity index (χ1) is 9.69. The summed E-state index contributed by atoms with van der Waals surface area (Å²) in [5.74, 6) is 0.590. The third-order valence-electron chi connectivity index (χ3n) is 4.59. The predicted molar refractivity (Wildman–Crippen MR) is 86.5 cm³/mol. The monoisotopic (exact) mass is 264 g/mol. The Hall–Kier alpha value is -1.56. The molecule has 0 heteroatoms. The average Bonchev–Trinajstić information content (AvgIpc) is 2.57. The first-order valence-electron chi connectivity index (χ1n) is 7.88. The van der Waals surface area contributed by atoms with Gasteiger partial charge in [0, 0.05) is 5.92 Å². The topological polar surface area (TPSA) is 0 Å². The number of hydrogen-bond acceptors (Lipinski definition) is 0. The maximum absolute atomic E-state index is 2.42. The van der Waals surface area contributed by atoms with E-state index in [9.17, 15) is 0 Å². The molecule has 2 aromatic carbocycles. The van der Waals surface area contributed by atoms with Gasteiger partial charge in [0.25, 0.3) is 0 Å². The smallest absolute Gasteiger partial charge is 0.00948 e. The lowest BCUT2D eigenvalue weighted by Gasteiger charge is -2.21. The van der Waals surface area contributed by atoms with Crippen LogP contribution in [-0.2, 0) is 12.8 Å². The Labute approximate surface area is 122 Å². The van der Waals surface area contributed by atoms with Crippen molar-refractivity contribution in [2.75, 3.05) is 0 Å². The largest absolute Gasteiger partial charge is 0.0653 e. The van der Waals surface area contributed by atoms with Crippen LogP contribution in [0, 0.1) is 13.8 Å². The molecule has 0 saturated carbocycles. The second-order valence-corrected chi connectivity index (χ2v) is 6.25. The Balaban J connectivity index is 2.18. The summed E-state index contributed by atoms with van der Waals surface area (Å²) in [6, 6.07) is 14.1. The van der Waals surface area contributed by atoms with Gasteiger partial charge in [0.2, 0.25) is 0 Å². The molecule has 1 aliphatic rings. The molecule has 104 valence electrons. The highest BCUT2D eigenvalue weighted by Crippen LogP contribution is 2.38. The summed E-state index contributed by atoms with van der Waals surface area (Å²) in [4.78, 5) is 0. The lowest BCUT2D eigenvalue weighted by atomic mass is 9.84. The van der Waals surface area contributed by atoms with E-state index in [-0.39, 0.29) is 0 Å². The van der Waals surface area contributed by atoms with Crippen molar-refractivity contribution in [1.29, 1.82) is 0 Å². The summed E-state index contributed by atoms with van der Waals surface area (Å²) in [5, 5.41) is 0. The molecule has 0 aromatic heterocycles. The van der Waals surface area contributed by atoms with Crippen LogP contribution in [0.15, 0.2) is 36.4 Å². The molecular weight excluding hydrogens is 240 g/mol. The molecule has 0 spiro atoms. The molecule has 0 nitrogen and oxygen atoms in total. The van der Waals surface area contributed by atoms with Gasteiger partial charge in [-0.2, -0.15) is 0 Å². The highest BCUT2D eigenvalue weighted by atomic mass is 14.3. The van der Waals surface area contributed by atoms with Gasteiger partial charge in [-0.15, -0.1) is 0 Å². The average molecular weight is 264 g/mol. The molecule has 20 heavy (non-hydrogen) atoms. The van der Waals surface area contributed by atoms with Gasteiger partial charge in [0.15, 0.2) is 0 Å². The van der Waals surface area contributed by atoms with Gasteiger partial charge < -0.3 is 0 Å². The van der Waals surface area contributed by atoms with E-state index in [2.05, 4.69) is 57.2 Å². The van der Waals surface area contributed by atoms with Gasteiger partial charge in [0.1, 0.15) is 0 Å². The molecule has 0 aliphatic heterocycles. The molecule has 0 unspecified atom stereocenters. The molecule has 0 saturated heterocycles. The molecule has 3 rings (SSSR count). The Kier molecular flexibility index (Phi) is 3.65. The van der Waals surface area contributed by atoms with Gasteiger partial charge >= 0.3 is 0 Å². The maximum Gasteiger partial charge on any atom is 0.00948 e. The minimum absolute atomic E-state index is 0.590. The van der Waals surface area contributed by atoms with E-state index in [4.69, 9.17) is 0 Å². The van der Waals surface area contributed by atoms with Crippen LogP contribution in [0.1, 0.15) is 59.1 Å². The first kappa shape index (κ1) is 13.4. The van der Waals surface area contributed by atoms with E-state index in [0.29, 0.717) is 5.92 Å². The minimum atomic E-state index is 0.590. The Morgan fingerprint density at radius 2 is 1.35 bits per heavy atom. The zero-order chi connectivity index (χ0) is 14.1. The molecule has 0 atom stereocenters. The predicted octanol–water partition coefficient (Wildman–Crippen LogP) is 5.33. The lowest BCUT2D eigenvalue weighted by Crippen LogP contribution is -2.04. The van der Waals surface area contributed by atoms with Crippen molar-refractivity contribution >= 4 is 0 Å². The summed E-state index contributed by atoms with van der Waals surface area (Å²) in [5.41, 5.74) is 9.06. The fraction of sp³-hybridized carbons (Fsp3) is 0.400. The number of rotatable bonds is 2. The van der Waals surface area contributed by atoms with Crippen molar-refractivity contribution in [3.8, 4) is 0 Å². The molecule has 0 heterocycles. The van der Waals surface area contributed by atoms with Crippen LogP contribution in [0.4, 0.5) is 0 Å². The van der Waals surface area contributed by atoms with E-state index in [1.54, 1.807) is 22.3 Å². The van der Waals surface area contributed by atoms with Crippen molar-refractivity contribution in [3.05, 3.63) is 69.8 Å². The van der Waals surface area contributed by atoms with Gasteiger partial charge in [0.05, 0.1) is 0 Å².